The van der Waals surface area contributed by atoms with Crippen LogP contribution in [0.5, 0.6) is 0 Å². The van der Waals surface area contributed by atoms with Gasteiger partial charge in [0, 0.05) is 12.8 Å². The van der Waals surface area contributed by atoms with Crippen LogP contribution in [0.1, 0.15) is 39.7 Å². The molecule has 94 valence electrons. The second-order valence-corrected chi connectivity index (χ2v) is 5.82. The van der Waals surface area contributed by atoms with Gasteiger partial charge in [0.2, 0.25) is 0 Å². The number of hydrogen-bond donors (Lipinski definition) is 0. The van der Waals surface area contributed by atoms with Gasteiger partial charge in [-0.2, -0.15) is 0 Å². The molecule has 0 heterocycles. The Morgan fingerprint density at radius 1 is 1.35 bits per heavy atom. The molecule has 0 spiro atoms. The standard InChI is InChI=1S/C15H21FO/c1-11(15(2,3)4)8-14(17)10-12-6-5-7-13(16)9-12/h5-7,9,11H,8,10H2,1-4H3. The van der Waals surface area contributed by atoms with Crippen LogP contribution in [-0.2, 0) is 11.2 Å². The normalized spacial score (nSPS) is 13.5. The Hall–Kier alpha value is -1.18. The zero-order chi connectivity index (χ0) is 13.1. The van der Waals surface area contributed by atoms with Crippen LogP contribution < -0.4 is 0 Å². The molecule has 0 amide bonds. The first-order valence-corrected chi connectivity index (χ1v) is 6.05. The lowest BCUT2D eigenvalue weighted by atomic mass is 9.79. The summed E-state index contributed by atoms with van der Waals surface area (Å²) < 4.78 is 13.0. The minimum absolute atomic E-state index is 0.137. The van der Waals surface area contributed by atoms with Crippen molar-refractivity contribution < 1.29 is 9.18 Å². The average molecular weight is 236 g/mol. The van der Waals surface area contributed by atoms with Crippen LogP contribution in [0.15, 0.2) is 24.3 Å². The van der Waals surface area contributed by atoms with Gasteiger partial charge in [-0.1, -0.05) is 39.8 Å². The molecule has 0 aliphatic heterocycles. The van der Waals surface area contributed by atoms with Crippen molar-refractivity contribution in [2.24, 2.45) is 11.3 Å². The fourth-order valence-electron chi connectivity index (χ4n) is 1.59. The van der Waals surface area contributed by atoms with Crippen LogP contribution in [-0.4, -0.2) is 5.78 Å². The van der Waals surface area contributed by atoms with E-state index in [1.807, 2.05) is 0 Å². The number of carbonyl (C=O) groups is 1. The van der Waals surface area contributed by atoms with Crippen LogP contribution in [0.4, 0.5) is 4.39 Å². The molecule has 0 N–H and O–H groups in total. The fraction of sp³-hybridized carbons (Fsp3) is 0.533. The molecule has 0 bridgehead atoms. The van der Waals surface area contributed by atoms with E-state index in [1.165, 1.54) is 12.1 Å². The van der Waals surface area contributed by atoms with E-state index in [4.69, 9.17) is 0 Å². The zero-order valence-corrected chi connectivity index (χ0v) is 11.1. The molecule has 1 unspecified atom stereocenters. The third kappa shape index (κ3) is 4.68. The topological polar surface area (TPSA) is 17.1 Å². The van der Waals surface area contributed by atoms with Crippen LogP contribution in [0, 0.1) is 17.2 Å². The van der Waals surface area contributed by atoms with E-state index in [0.29, 0.717) is 18.8 Å². The van der Waals surface area contributed by atoms with Crippen LogP contribution in [0.2, 0.25) is 0 Å². The van der Waals surface area contributed by atoms with Crippen molar-refractivity contribution in [3.8, 4) is 0 Å². The zero-order valence-electron chi connectivity index (χ0n) is 11.1. The highest BCUT2D eigenvalue weighted by molar-refractivity contribution is 5.81. The van der Waals surface area contributed by atoms with Gasteiger partial charge in [0.1, 0.15) is 11.6 Å². The summed E-state index contributed by atoms with van der Waals surface area (Å²) in [5, 5.41) is 0. The Morgan fingerprint density at radius 2 is 2.00 bits per heavy atom. The molecule has 1 aromatic rings. The number of Topliss-reactive ketones (excluding diaryl/α,β-unsaturated/α-hetero) is 1. The van der Waals surface area contributed by atoms with Crippen LogP contribution in [0.3, 0.4) is 0 Å². The maximum atomic E-state index is 13.0. The van der Waals surface area contributed by atoms with Gasteiger partial charge in [0.25, 0.3) is 0 Å². The summed E-state index contributed by atoms with van der Waals surface area (Å²) in [6, 6.07) is 6.26. The summed E-state index contributed by atoms with van der Waals surface area (Å²) in [4.78, 5) is 11.9. The fourth-order valence-corrected chi connectivity index (χ4v) is 1.59. The SMILES string of the molecule is CC(CC(=O)Cc1cccc(F)c1)C(C)(C)C. The lowest BCUT2D eigenvalue weighted by Gasteiger charge is -2.26. The van der Waals surface area contributed by atoms with Gasteiger partial charge in [-0.15, -0.1) is 0 Å². The Labute approximate surface area is 103 Å². The molecule has 1 rings (SSSR count). The third-order valence-electron chi connectivity index (χ3n) is 3.30. The molecular weight excluding hydrogens is 215 g/mol. The smallest absolute Gasteiger partial charge is 0.137 e. The average Bonchev–Trinajstić information content (AvgIpc) is 2.15. The summed E-state index contributed by atoms with van der Waals surface area (Å²) >= 11 is 0. The van der Waals surface area contributed by atoms with Crippen molar-refractivity contribution in [1.29, 1.82) is 0 Å². The predicted molar refractivity (Wildman–Crippen MR) is 68.3 cm³/mol. The summed E-state index contributed by atoms with van der Waals surface area (Å²) in [7, 11) is 0. The van der Waals surface area contributed by atoms with Crippen molar-refractivity contribution in [2.75, 3.05) is 0 Å². The molecule has 0 fully saturated rings. The Bertz CT molecular complexity index is 390. The maximum absolute atomic E-state index is 13.0. The van der Waals surface area contributed by atoms with Crippen LogP contribution in [0.25, 0.3) is 0 Å². The van der Waals surface area contributed by atoms with Gasteiger partial charge in [0.15, 0.2) is 0 Å². The maximum Gasteiger partial charge on any atom is 0.137 e. The molecule has 0 saturated heterocycles. The van der Waals surface area contributed by atoms with E-state index < -0.39 is 0 Å². The Kier molecular flexibility index (Phi) is 4.44. The van der Waals surface area contributed by atoms with Crippen molar-refractivity contribution in [1.82, 2.24) is 0 Å². The summed E-state index contributed by atoms with van der Waals surface area (Å²) in [6.07, 6.45) is 0.887. The molecule has 0 aliphatic carbocycles. The Balaban J connectivity index is 2.56. The van der Waals surface area contributed by atoms with Crippen molar-refractivity contribution in [3.63, 3.8) is 0 Å². The molecule has 0 radical (unpaired) electrons. The number of benzene rings is 1. The number of hydrogen-bond acceptors (Lipinski definition) is 1. The number of halogens is 1. The lowest BCUT2D eigenvalue weighted by molar-refractivity contribution is -0.120. The van der Waals surface area contributed by atoms with Crippen LogP contribution >= 0.6 is 0 Å². The van der Waals surface area contributed by atoms with E-state index >= 15 is 0 Å². The van der Waals surface area contributed by atoms with Crippen molar-refractivity contribution in [3.05, 3.63) is 35.6 Å². The van der Waals surface area contributed by atoms with Gasteiger partial charge in [-0.05, 0) is 29.0 Å². The lowest BCUT2D eigenvalue weighted by Crippen LogP contribution is -2.21. The molecule has 0 aromatic heterocycles. The second-order valence-electron chi connectivity index (χ2n) is 5.82. The predicted octanol–water partition coefficient (Wildman–Crippen LogP) is 4.01. The molecule has 0 aliphatic rings. The van der Waals surface area contributed by atoms with E-state index in [9.17, 15) is 9.18 Å². The molecule has 1 nitrogen and oxygen atoms in total. The minimum Gasteiger partial charge on any atom is -0.299 e. The highest BCUT2D eigenvalue weighted by Crippen LogP contribution is 2.28. The summed E-state index contributed by atoms with van der Waals surface area (Å²) in [5.41, 5.74) is 0.897. The third-order valence-corrected chi connectivity index (χ3v) is 3.30. The van der Waals surface area contributed by atoms with Gasteiger partial charge in [-0.25, -0.2) is 4.39 Å². The Morgan fingerprint density at radius 3 is 2.53 bits per heavy atom. The largest absolute Gasteiger partial charge is 0.299 e. The molecule has 17 heavy (non-hydrogen) atoms. The summed E-state index contributed by atoms with van der Waals surface area (Å²) in [6.45, 7) is 8.48. The first-order valence-electron chi connectivity index (χ1n) is 6.05. The number of rotatable bonds is 4. The number of ketones is 1. The highest BCUT2D eigenvalue weighted by atomic mass is 19.1. The van der Waals surface area contributed by atoms with Gasteiger partial charge in [-0.3, -0.25) is 4.79 Å². The monoisotopic (exact) mass is 236 g/mol. The van der Waals surface area contributed by atoms with Gasteiger partial charge >= 0.3 is 0 Å². The van der Waals surface area contributed by atoms with Crippen molar-refractivity contribution >= 4 is 5.78 Å². The van der Waals surface area contributed by atoms with E-state index in [-0.39, 0.29) is 17.0 Å². The molecule has 1 aromatic carbocycles. The first-order chi connectivity index (χ1) is 7.79. The van der Waals surface area contributed by atoms with Gasteiger partial charge in [0.05, 0.1) is 0 Å². The minimum atomic E-state index is -0.279. The van der Waals surface area contributed by atoms with E-state index in [2.05, 4.69) is 27.7 Å². The first kappa shape index (κ1) is 13.9. The summed E-state index contributed by atoms with van der Waals surface area (Å²) in [5.74, 6) is 0.237. The number of carbonyl (C=O) groups excluding carboxylic acids is 1. The second kappa shape index (κ2) is 5.44. The van der Waals surface area contributed by atoms with Gasteiger partial charge < -0.3 is 0 Å². The molecular formula is C15H21FO. The van der Waals surface area contributed by atoms with E-state index in [1.54, 1.807) is 12.1 Å². The van der Waals surface area contributed by atoms with Crippen molar-refractivity contribution in [2.45, 2.75) is 40.5 Å². The highest BCUT2D eigenvalue weighted by Gasteiger charge is 2.22. The quantitative estimate of drug-likeness (QED) is 0.772. The molecule has 0 saturated carbocycles. The van der Waals surface area contributed by atoms with E-state index in [0.717, 1.165) is 5.56 Å². The molecule has 2 heteroatoms. The molecule has 1 atom stereocenters.